The number of fused-ring (bicyclic) bond motifs is 1. The molecule has 3 aromatic carbocycles. The fourth-order valence-corrected chi connectivity index (χ4v) is 3.86. The van der Waals surface area contributed by atoms with Gasteiger partial charge in [0.25, 0.3) is 5.91 Å². The molecule has 4 aromatic rings. The van der Waals surface area contributed by atoms with Gasteiger partial charge in [-0.15, -0.1) is 0 Å². The number of hydrogen-bond donors (Lipinski definition) is 1. The number of carbonyl (C=O) groups excluding carboxylic acids is 1. The average Bonchev–Trinajstić information content (AvgIpc) is 3.19. The Morgan fingerprint density at radius 2 is 1.70 bits per heavy atom. The first-order valence-corrected chi connectivity index (χ1v) is 11.2. The average molecular weight is 444 g/mol. The number of methoxy groups -OCH3 is 1. The lowest BCUT2D eigenvalue weighted by molar-refractivity contribution is 0.0953. The molecule has 6 nitrogen and oxygen atoms in total. The van der Waals surface area contributed by atoms with Crippen molar-refractivity contribution in [1.82, 2.24) is 14.9 Å². The molecule has 4 rings (SSSR count). The molecule has 1 N–H and O–H groups in total. The predicted octanol–water partition coefficient (Wildman–Crippen LogP) is 4.79. The lowest BCUT2D eigenvalue weighted by Crippen LogP contribution is -2.27. The molecule has 0 unspecified atom stereocenters. The molecular formula is C27H29N3O3. The van der Waals surface area contributed by atoms with Gasteiger partial charge in [-0.05, 0) is 61.4 Å². The van der Waals surface area contributed by atoms with Gasteiger partial charge < -0.3 is 19.4 Å². The minimum absolute atomic E-state index is 0.0522. The lowest BCUT2D eigenvalue weighted by atomic mass is 10.1. The van der Waals surface area contributed by atoms with Crippen LogP contribution >= 0.6 is 0 Å². The summed E-state index contributed by atoms with van der Waals surface area (Å²) in [6.45, 7) is 3.86. The second-order valence-electron chi connectivity index (χ2n) is 7.87. The van der Waals surface area contributed by atoms with Crippen molar-refractivity contribution in [3.63, 3.8) is 0 Å². The predicted molar refractivity (Wildman–Crippen MR) is 130 cm³/mol. The van der Waals surface area contributed by atoms with E-state index in [1.807, 2.05) is 73.7 Å². The van der Waals surface area contributed by atoms with E-state index >= 15 is 0 Å². The Balaban J connectivity index is 1.36. The van der Waals surface area contributed by atoms with Crippen LogP contribution in [-0.4, -0.2) is 35.7 Å². The van der Waals surface area contributed by atoms with Crippen LogP contribution in [0.15, 0.2) is 72.8 Å². The Labute approximate surface area is 194 Å². The lowest BCUT2D eigenvalue weighted by Gasteiger charge is -2.12. The quantitative estimate of drug-likeness (QED) is 0.358. The number of hydrogen-bond acceptors (Lipinski definition) is 4. The summed E-state index contributed by atoms with van der Waals surface area (Å²) >= 11 is 0. The third-order valence-corrected chi connectivity index (χ3v) is 5.61. The van der Waals surface area contributed by atoms with Crippen LogP contribution in [0.5, 0.6) is 11.5 Å². The van der Waals surface area contributed by atoms with Crippen LogP contribution in [0.1, 0.15) is 28.2 Å². The zero-order chi connectivity index (χ0) is 23.0. The highest BCUT2D eigenvalue weighted by molar-refractivity contribution is 5.95. The molecule has 1 amide bonds. The number of carbonyl (C=O) groups is 1. The van der Waals surface area contributed by atoms with Crippen LogP contribution in [0.2, 0.25) is 0 Å². The van der Waals surface area contributed by atoms with Gasteiger partial charge in [-0.25, -0.2) is 4.98 Å². The van der Waals surface area contributed by atoms with Gasteiger partial charge in [0.1, 0.15) is 17.3 Å². The van der Waals surface area contributed by atoms with Crippen molar-refractivity contribution in [3.05, 3.63) is 89.7 Å². The first-order valence-electron chi connectivity index (χ1n) is 11.2. The number of ether oxygens (including phenoxy) is 2. The number of aromatic nitrogens is 2. The molecule has 0 aliphatic carbocycles. The molecule has 0 aliphatic heterocycles. The van der Waals surface area contributed by atoms with Crippen molar-refractivity contribution in [2.24, 2.45) is 0 Å². The molecule has 0 spiro atoms. The van der Waals surface area contributed by atoms with E-state index < -0.39 is 0 Å². The highest BCUT2D eigenvalue weighted by Crippen LogP contribution is 2.19. The zero-order valence-electron chi connectivity index (χ0n) is 19.1. The zero-order valence-corrected chi connectivity index (χ0v) is 19.1. The van der Waals surface area contributed by atoms with Gasteiger partial charge in [-0.3, -0.25) is 4.79 Å². The largest absolute Gasteiger partial charge is 0.497 e. The topological polar surface area (TPSA) is 65.4 Å². The smallest absolute Gasteiger partial charge is 0.251 e. The fourth-order valence-electron chi connectivity index (χ4n) is 3.86. The summed E-state index contributed by atoms with van der Waals surface area (Å²) in [4.78, 5) is 17.3. The summed E-state index contributed by atoms with van der Waals surface area (Å²) in [5.74, 6) is 2.55. The summed E-state index contributed by atoms with van der Waals surface area (Å²) in [5.41, 5.74) is 3.75. The Bertz CT molecular complexity index is 1220. The van der Waals surface area contributed by atoms with Crippen LogP contribution in [0.4, 0.5) is 0 Å². The van der Waals surface area contributed by atoms with Gasteiger partial charge in [-0.1, -0.05) is 30.3 Å². The van der Waals surface area contributed by atoms with Crippen molar-refractivity contribution in [2.45, 2.75) is 26.3 Å². The number of amides is 1. The van der Waals surface area contributed by atoms with Crippen molar-refractivity contribution in [2.75, 3.05) is 20.3 Å². The molecule has 170 valence electrons. The Morgan fingerprint density at radius 3 is 2.48 bits per heavy atom. The van der Waals surface area contributed by atoms with Crippen molar-refractivity contribution < 1.29 is 14.3 Å². The maximum absolute atomic E-state index is 12.5. The second kappa shape index (κ2) is 10.7. The number of para-hydroxylation sites is 2. The molecular weight excluding hydrogens is 414 g/mol. The molecule has 0 radical (unpaired) electrons. The first kappa shape index (κ1) is 22.4. The van der Waals surface area contributed by atoms with Gasteiger partial charge in [0.05, 0.1) is 24.8 Å². The molecule has 6 heteroatoms. The van der Waals surface area contributed by atoms with Crippen molar-refractivity contribution in [3.8, 4) is 11.5 Å². The maximum Gasteiger partial charge on any atom is 0.251 e. The normalized spacial score (nSPS) is 10.8. The summed E-state index contributed by atoms with van der Waals surface area (Å²) in [6, 6.07) is 23.4. The Morgan fingerprint density at radius 1 is 0.970 bits per heavy atom. The molecule has 1 heterocycles. The molecule has 0 bridgehead atoms. The summed E-state index contributed by atoms with van der Waals surface area (Å²) in [5, 5.41) is 3.03. The van der Waals surface area contributed by atoms with Gasteiger partial charge >= 0.3 is 0 Å². The highest BCUT2D eigenvalue weighted by atomic mass is 16.5. The van der Waals surface area contributed by atoms with E-state index in [4.69, 9.17) is 14.5 Å². The van der Waals surface area contributed by atoms with E-state index in [-0.39, 0.29) is 5.91 Å². The van der Waals surface area contributed by atoms with Crippen molar-refractivity contribution >= 4 is 16.9 Å². The highest BCUT2D eigenvalue weighted by Gasteiger charge is 2.12. The van der Waals surface area contributed by atoms with Crippen LogP contribution < -0.4 is 14.8 Å². The van der Waals surface area contributed by atoms with Crippen LogP contribution in [0.25, 0.3) is 11.0 Å². The van der Waals surface area contributed by atoms with Crippen LogP contribution in [-0.2, 0) is 13.0 Å². The molecule has 0 saturated carbocycles. The number of nitrogens with zero attached hydrogens (tertiary/aromatic N) is 2. The van der Waals surface area contributed by atoms with Gasteiger partial charge in [0, 0.05) is 25.1 Å². The van der Waals surface area contributed by atoms with E-state index in [1.54, 1.807) is 7.11 Å². The molecule has 33 heavy (non-hydrogen) atoms. The van der Waals surface area contributed by atoms with E-state index in [0.29, 0.717) is 25.1 Å². The number of benzene rings is 3. The second-order valence-corrected chi connectivity index (χ2v) is 7.87. The fraction of sp³-hybridized carbons (Fsp3) is 0.259. The van der Waals surface area contributed by atoms with E-state index in [2.05, 4.69) is 16.0 Å². The monoisotopic (exact) mass is 443 g/mol. The SMILES string of the molecule is COc1ccc(OCCCn2c(CCNC(=O)c3ccccc3C)nc3ccccc32)cc1. The summed E-state index contributed by atoms with van der Waals surface area (Å²) in [6.07, 6.45) is 1.50. The molecule has 1 aromatic heterocycles. The Hall–Kier alpha value is -3.80. The minimum atomic E-state index is -0.0522. The Kier molecular flexibility index (Phi) is 7.25. The third-order valence-electron chi connectivity index (χ3n) is 5.61. The van der Waals surface area contributed by atoms with Gasteiger partial charge in [0.2, 0.25) is 0 Å². The summed E-state index contributed by atoms with van der Waals surface area (Å²) in [7, 11) is 1.65. The number of nitrogens with one attached hydrogen (secondary N) is 1. The molecule has 0 atom stereocenters. The van der Waals surface area contributed by atoms with Gasteiger partial charge in [-0.2, -0.15) is 0 Å². The molecule has 0 saturated heterocycles. The third kappa shape index (κ3) is 5.52. The van der Waals surface area contributed by atoms with Crippen LogP contribution in [0, 0.1) is 6.92 Å². The van der Waals surface area contributed by atoms with Crippen LogP contribution in [0.3, 0.4) is 0 Å². The van der Waals surface area contributed by atoms with Crippen molar-refractivity contribution in [1.29, 1.82) is 0 Å². The number of imidazole rings is 1. The van der Waals surface area contributed by atoms with E-state index in [1.165, 1.54) is 0 Å². The number of rotatable bonds is 10. The first-order chi connectivity index (χ1) is 16.2. The number of aryl methyl sites for hydroxylation is 2. The molecule has 0 fully saturated rings. The molecule has 0 aliphatic rings. The van der Waals surface area contributed by atoms with E-state index in [9.17, 15) is 4.79 Å². The standard InChI is InChI=1S/C27H29N3O3/c1-20-8-3-4-9-23(20)27(31)28-17-16-26-29-24-10-5-6-11-25(24)30(26)18-7-19-33-22-14-12-21(32-2)13-15-22/h3-6,8-15H,7,16-19H2,1-2H3,(H,28,31). The van der Waals surface area contributed by atoms with Gasteiger partial charge in [0.15, 0.2) is 0 Å². The van der Waals surface area contributed by atoms with E-state index in [0.717, 1.165) is 46.9 Å². The summed E-state index contributed by atoms with van der Waals surface area (Å²) < 4.78 is 13.3. The minimum Gasteiger partial charge on any atom is -0.497 e. The maximum atomic E-state index is 12.5.